The first-order valence-corrected chi connectivity index (χ1v) is 9.50. The second kappa shape index (κ2) is 5.13. The molecule has 3 atom stereocenters. The van der Waals surface area contributed by atoms with Crippen LogP contribution in [0.2, 0.25) is 0 Å². The summed E-state index contributed by atoms with van der Waals surface area (Å²) in [6, 6.07) is 5.26. The monoisotopic (exact) mass is 407 g/mol. The van der Waals surface area contributed by atoms with E-state index in [1.165, 1.54) is 19.3 Å². The number of hydrogen-bond donors (Lipinski definition) is 1. The van der Waals surface area contributed by atoms with Gasteiger partial charge in [0.15, 0.2) is 0 Å². The fourth-order valence-corrected chi connectivity index (χ4v) is 6.41. The zero-order chi connectivity index (χ0) is 13.6. The summed E-state index contributed by atoms with van der Waals surface area (Å²) in [6.45, 7) is 0. The van der Waals surface area contributed by atoms with Crippen molar-refractivity contribution in [2.75, 3.05) is 0 Å². The van der Waals surface area contributed by atoms with E-state index in [4.69, 9.17) is 0 Å². The normalized spacial score (nSPS) is 29.9. The summed E-state index contributed by atoms with van der Waals surface area (Å²) < 4.78 is 29.2. The van der Waals surface area contributed by atoms with Crippen molar-refractivity contribution in [1.29, 1.82) is 0 Å². The van der Waals surface area contributed by atoms with Crippen molar-refractivity contribution in [1.82, 2.24) is 4.72 Å². The maximum Gasteiger partial charge on any atom is 0.241 e. The number of sulfonamides is 1. The number of benzene rings is 1. The quantitative estimate of drug-likeness (QED) is 0.828. The third-order valence-electron chi connectivity index (χ3n) is 4.23. The highest BCUT2D eigenvalue weighted by molar-refractivity contribution is 9.11. The van der Waals surface area contributed by atoms with Gasteiger partial charge in [0.05, 0.1) is 4.90 Å². The van der Waals surface area contributed by atoms with Gasteiger partial charge in [-0.3, -0.25) is 0 Å². The van der Waals surface area contributed by atoms with Crippen molar-refractivity contribution in [3.63, 3.8) is 0 Å². The number of hydrogen-bond acceptors (Lipinski definition) is 2. The van der Waals surface area contributed by atoms with E-state index in [2.05, 4.69) is 36.6 Å². The molecule has 0 radical (unpaired) electrons. The van der Waals surface area contributed by atoms with Gasteiger partial charge in [0.1, 0.15) is 0 Å². The van der Waals surface area contributed by atoms with Crippen LogP contribution in [-0.4, -0.2) is 14.5 Å². The predicted octanol–water partition coefficient (Wildman–Crippen LogP) is 3.68. The molecule has 19 heavy (non-hydrogen) atoms. The Hall–Kier alpha value is 0.0900. The van der Waals surface area contributed by atoms with E-state index in [9.17, 15) is 8.42 Å². The zero-order valence-electron chi connectivity index (χ0n) is 10.3. The van der Waals surface area contributed by atoms with Crippen molar-refractivity contribution in [2.24, 2.45) is 11.8 Å². The Kier molecular flexibility index (Phi) is 3.79. The first kappa shape index (κ1) is 14.0. The first-order valence-electron chi connectivity index (χ1n) is 6.43. The molecule has 6 heteroatoms. The summed E-state index contributed by atoms with van der Waals surface area (Å²) in [7, 11) is -3.43. The van der Waals surface area contributed by atoms with Crippen molar-refractivity contribution in [2.45, 2.75) is 36.6 Å². The minimum atomic E-state index is -3.43. The van der Waals surface area contributed by atoms with Crippen LogP contribution in [0.3, 0.4) is 0 Å². The van der Waals surface area contributed by atoms with Crippen LogP contribution in [0.1, 0.15) is 25.7 Å². The average molecular weight is 409 g/mol. The Bertz CT molecular complexity index is 603. The Morgan fingerprint density at radius 1 is 1.16 bits per heavy atom. The topological polar surface area (TPSA) is 46.2 Å². The van der Waals surface area contributed by atoms with Gasteiger partial charge in [0, 0.05) is 15.0 Å². The molecule has 104 valence electrons. The standard InChI is InChI=1S/C13H15Br2NO2S/c14-10-3-4-13(11(15)7-10)19(17,18)16-12-6-8-1-2-9(12)5-8/h3-4,7-9,12,16H,1-2,5-6H2. The second-order valence-corrected chi connectivity index (χ2v) is 8.93. The highest BCUT2D eigenvalue weighted by Gasteiger charge is 2.41. The highest BCUT2D eigenvalue weighted by atomic mass is 79.9. The third kappa shape index (κ3) is 2.77. The van der Waals surface area contributed by atoms with Gasteiger partial charge in [-0.2, -0.15) is 0 Å². The Morgan fingerprint density at radius 2 is 1.95 bits per heavy atom. The van der Waals surface area contributed by atoms with Gasteiger partial charge in [-0.05, 0) is 65.2 Å². The van der Waals surface area contributed by atoms with Crippen LogP contribution < -0.4 is 4.72 Å². The first-order chi connectivity index (χ1) is 8.95. The van der Waals surface area contributed by atoms with Crippen molar-refractivity contribution in [3.05, 3.63) is 27.1 Å². The highest BCUT2D eigenvalue weighted by Crippen LogP contribution is 2.45. The van der Waals surface area contributed by atoms with E-state index in [1.807, 2.05) is 0 Å². The lowest BCUT2D eigenvalue weighted by molar-refractivity contribution is 0.390. The number of fused-ring (bicyclic) bond motifs is 2. The Morgan fingerprint density at radius 3 is 2.53 bits per heavy atom. The molecule has 0 amide bonds. The number of halogens is 2. The Labute approximate surface area is 130 Å². The van der Waals surface area contributed by atoms with Gasteiger partial charge in [0.2, 0.25) is 10.0 Å². The summed E-state index contributed by atoms with van der Waals surface area (Å²) >= 11 is 6.66. The average Bonchev–Trinajstić information content (AvgIpc) is 2.89. The molecule has 0 saturated heterocycles. The maximum atomic E-state index is 12.4. The molecule has 2 aliphatic carbocycles. The largest absolute Gasteiger partial charge is 0.241 e. The van der Waals surface area contributed by atoms with Crippen LogP contribution in [0.15, 0.2) is 32.0 Å². The predicted molar refractivity (Wildman–Crippen MR) is 81.4 cm³/mol. The molecule has 3 nitrogen and oxygen atoms in total. The molecule has 2 aliphatic rings. The van der Waals surface area contributed by atoms with Crippen molar-refractivity contribution < 1.29 is 8.42 Å². The summed E-state index contributed by atoms with van der Waals surface area (Å²) in [5.41, 5.74) is 0. The molecule has 3 unspecified atom stereocenters. The minimum absolute atomic E-state index is 0.124. The van der Waals surface area contributed by atoms with E-state index >= 15 is 0 Å². The third-order valence-corrected chi connectivity index (χ3v) is 7.19. The van der Waals surface area contributed by atoms with Gasteiger partial charge in [-0.15, -0.1) is 0 Å². The molecule has 3 rings (SSSR count). The van der Waals surface area contributed by atoms with E-state index < -0.39 is 10.0 Å². The molecule has 0 heterocycles. The van der Waals surface area contributed by atoms with Crippen LogP contribution in [-0.2, 0) is 10.0 Å². The zero-order valence-corrected chi connectivity index (χ0v) is 14.3. The lowest BCUT2D eigenvalue weighted by Crippen LogP contribution is -2.38. The second-order valence-electron chi connectivity index (χ2n) is 5.48. The van der Waals surface area contributed by atoms with E-state index in [-0.39, 0.29) is 6.04 Å². The molecule has 0 spiro atoms. The Balaban J connectivity index is 1.83. The van der Waals surface area contributed by atoms with Gasteiger partial charge < -0.3 is 0 Å². The van der Waals surface area contributed by atoms with Crippen molar-refractivity contribution in [3.8, 4) is 0 Å². The number of rotatable bonds is 3. The molecule has 2 bridgehead atoms. The molecule has 1 aromatic carbocycles. The summed E-state index contributed by atoms with van der Waals surface area (Å²) in [6.07, 6.45) is 4.62. The van der Waals surface area contributed by atoms with E-state index in [0.29, 0.717) is 15.3 Å². The summed E-state index contributed by atoms with van der Waals surface area (Å²) in [5, 5.41) is 0. The van der Waals surface area contributed by atoms with Crippen LogP contribution in [0, 0.1) is 11.8 Å². The van der Waals surface area contributed by atoms with Gasteiger partial charge >= 0.3 is 0 Å². The van der Waals surface area contributed by atoms with Crippen LogP contribution in [0.4, 0.5) is 0 Å². The fourth-order valence-electron chi connectivity index (χ4n) is 3.34. The summed E-state index contributed by atoms with van der Waals surface area (Å²) in [5.74, 6) is 1.26. The molecular weight excluding hydrogens is 394 g/mol. The summed E-state index contributed by atoms with van der Waals surface area (Å²) in [4.78, 5) is 0.318. The van der Waals surface area contributed by atoms with Gasteiger partial charge in [0.25, 0.3) is 0 Å². The minimum Gasteiger partial charge on any atom is -0.208 e. The van der Waals surface area contributed by atoms with Crippen LogP contribution >= 0.6 is 31.9 Å². The van der Waals surface area contributed by atoms with Gasteiger partial charge in [-0.1, -0.05) is 22.4 Å². The van der Waals surface area contributed by atoms with Crippen LogP contribution in [0.25, 0.3) is 0 Å². The molecule has 2 saturated carbocycles. The van der Waals surface area contributed by atoms with Gasteiger partial charge in [-0.25, -0.2) is 13.1 Å². The van der Waals surface area contributed by atoms with E-state index in [0.717, 1.165) is 16.8 Å². The molecule has 0 aromatic heterocycles. The van der Waals surface area contributed by atoms with Crippen LogP contribution in [0.5, 0.6) is 0 Å². The number of nitrogens with one attached hydrogen (secondary N) is 1. The molecular formula is C13H15Br2NO2S. The SMILES string of the molecule is O=S(=O)(NC1CC2CCC1C2)c1ccc(Br)cc1Br. The van der Waals surface area contributed by atoms with E-state index in [1.54, 1.807) is 18.2 Å². The smallest absolute Gasteiger partial charge is 0.208 e. The lowest BCUT2D eigenvalue weighted by atomic mass is 9.96. The van der Waals surface area contributed by atoms with Crippen molar-refractivity contribution >= 4 is 41.9 Å². The maximum absolute atomic E-state index is 12.4. The lowest BCUT2D eigenvalue weighted by Gasteiger charge is -2.23. The fraction of sp³-hybridized carbons (Fsp3) is 0.538. The molecule has 0 aliphatic heterocycles. The molecule has 1 aromatic rings. The molecule has 1 N–H and O–H groups in total. The molecule has 2 fully saturated rings.